The van der Waals surface area contributed by atoms with E-state index >= 15 is 0 Å². The Balaban J connectivity index is 1.42. The summed E-state index contributed by atoms with van der Waals surface area (Å²) < 4.78 is 32.1. The molecule has 4 rings (SSSR count). The lowest BCUT2D eigenvalue weighted by atomic mass is 10.1. The number of rotatable bonds is 4. The van der Waals surface area contributed by atoms with Crippen molar-refractivity contribution in [1.29, 1.82) is 0 Å². The average Bonchev–Trinajstić information content (AvgIpc) is 3.28. The van der Waals surface area contributed by atoms with Gasteiger partial charge in [0.05, 0.1) is 17.8 Å². The fourth-order valence-electron chi connectivity index (χ4n) is 3.08. The quantitative estimate of drug-likeness (QED) is 0.715. The van der Waals surface area contributed by atoms with E-state index < -0.39 is 11.6 Å². The zero-order valence-electron chi connectivity index (χ0n) is 14.2. The van der Waals surface area contributed by atoms with Crippen LogP contribution < -0.4 is 0 Å². The highest BCUT2D eigenvalue weighted by molar-refractivity contribution is 5.43. The molecule has 0 N–H and O–H groups in total. The van der Waals surface area contributed by atoms with Gasteiger partial charge in [0, 0.05) is 19.3 Å². The molecule has 134 valence electrons. The standard InChI is InChI=1S/C18H17F2N5O/c1-11-7-22-16(8-21-11)18-24-23-17(26-18)13-4-5-25(10-13)9-12-2-3-14(19)15(20)6-12/h2-3,6-8,13H,4-5,9-10H2,1H3. The lowest BCUT2D eigenvalue weighted by molar-refractivity contribution is 0.319. The van der Waals surface area contributed by atoms with Crippen LogP contribution in [0.4, 0.5) is 8.78 Å². The number of halogens is 2. The summed E-state index contributed by atoms with van der Waals surface area (Å²) in [5, 5.41) is 8.21. The van der Waals surface area contributed by atoms with Crippen LogP contribution in [0.15, 0.2) is 35.0 Å². The molecule has 0 amide bonds. The summed E-state index contributed by atoms with van der Waals surface area (Å²) in [4.78, 5) is 10.6. The normalized spacial score (nSPS) is 17.7. The molecule has 0 bridgehead atoms. The molecule has 1 fully saturated rings. The maximum atomic E-state index is 13.3. The van der Waals surface area contributed by atoms with E-state index in [0.717, 1.165) is 36.8 Å². The van der Waals surface area contributed by atoms with E-state index in [1.54, 1.807) is 18.5 Å². The first-order valence-corrected chi connectivity index (χ1v) is 8.37. The molecular weight excluding hydrogens is 340 g/mol. The molecule has 1 aromatic carbocycles. The zero-order valence-corrected chi connectivity index (χ0v) is 14.2. The Hall–Kier alpha value is -2.74. The maximum absolute atomic E-state index is 13.3. The number of nitrogens with zero attached hydrogens (tertiary/aromatic N) is 5. The van der Waals surface area contributed by atoms with Crippen molar-refractivity contribution in [3.63, 3.8) is 0 Å². The van der Waals surface area contributed by atoms with Crippen molar-refractivity contribution in [3.8, 4) is 11.6 Å². The minimum absolute atomic E-state index is 0.111. The third-order valence-electron chi connectivity index (χ3n) is 4.45. The van der Waals surface area contributed by atoms with Gasteiger partial charge >= 0.3 is 0 Å². The van der Waals surface area contributed by atoms with Gasteiger partial charge in [0.2, 0.25) is 5.89 Å². The van der Waals surface area contributed by atoms with E-state index in [4.69, 9.17) is 4.42 Å². The molecule has 8 heteroatoms. The van der Waals surface area contributed by atoms with Gasteiger partial charge in [-0.15, -0.1) is 10.2 Å². The molecule has 2 aromatic heterocycles. The second-order valence-electron chi connectivity index (χ2n) is 6.46. The van der Waals surface area contributed by atoms with Crippen LogP contribution in [0.1, 0.15) is 29.5 Å². The Morgan fingerprint density at radius 2 is 2.04 bits per heavy atom. The topological polar surface area (TPSA) is 67.9 Å². The second kappa shape index (κ2) is 6.87. The minimum atomic E-state index is -0.828. The van der Waals surface area contributed by atoms with Crippen molar-refractivity contribution in [2.75, 3.05) is 13.1 Å². The summed E-state index contributed by atoms with van der Waals surface area (Å²) in [5.74, 6) is -0.619. The van der Waals surface area contributed by atoms with E-state index in [-0.39, 0.29) is 5.92 Å². The molecule has 1 saturated heterocycles. The van der Waals surface area contributed by atoms with E-state index in [1.165, 1.54) is 6.07 Å². The fourth-order valence-corrected chi connectivity index (χ4v) is 3.08. The molecular formula is C18H17F2N5O. The van der Waals surface area contributed by atoms with Gasteiger partial charge in [0.1, 0.15) is 5.69 Å². The van der Waals surface area contributed by atoms with Crippen LogP contribution in [0.2, 0.25) is 0 Å². The molecule has 1 unspecified atom stereocenters. The van der Waals surface area contributed by atoms with Crippen LogP contribution in [0.5, 0.6) is 0 Å². The van der Waals surface area contributed by atoms with Crippen LogP contribution >= 0.6 is 0 Å². The predicted octanol–water partition coefficient (Wildman–Crippen LogP) is 3.10. The van der Waals surface area contributed by atoms with E-state index in [2.05, 4.69) is 25.1 Å². The van der Waals surface area contributed by atoms with Crippen molar-refractivity contribution in [3.05, 3.63) is 59.4 Å². The van der Waals surface area contributed by atoms with Crippen molar-refractivity contribution >= 4 is 0 Å². The van der Waals surface area contributed by atoms with E-state index in [9.17, 15) is 8.78 Å². The molecule has 0 aliphatic carbocycles. The first-order chi connectivity index (χ1) is 12.6. The van der Waals surface area contributed by atoms with Gasteiger partial charge in [-0.2, -0.15) is 0 Å². The van der Waals surface area contributed by atoms with Gasteiger partial charge in [-0.25, -0.2) is 13.8 Å². The number of benzene rings is 1. The summed E-state index contributed by atoms with van der Waals surface area (Å²) in [6, 6.07) is 4.00. The molecule has 1 aliphatic heterocycles. The summed E-state index contributed by atoms with van der Waals surface area (Å²) >= 11 is 0. The Bertz CT molecular complexity index is 912. The lowest BCUT2D eigenvalue weighted by Gasteiger charge is -2.15. The maximum Gasteiger partial charge on any atom is 0.267 e. The molecule has 3 aromatic rings. The predicted molar refractivity (Wildman–Crippen MR) is 89.1 cm³/mol. The summed E-state index contributed by atoms with van der Waals surface area (Å²) in [6.07, 6.45) is 4.12. The van der Waals surface area contributed by atoms with Crippen LogP contribution in [0.3, 0.4) is 0 Å². The number of hydrogen-bond donors (Lipinski definition) is 0. The number of aryl methyl sites for hydroxylation is 1. The Kier molecular flexibility index (Phi) is 4.42. The van der Waals surface area contributed by atoms with Crippen molar-refractivity contribution in [2.45, 2.75) is 25.8 Å². The summed E-state index contributed by atoms with van der Waals surface area (Å²) in [6.45, 7) is 3.96. The second-order valence-corrected chi connectivity index (χ2v) is 6.46. The number of likely N-dealkylation sites (tertiary alicyclic amines) is 1. The number of hydrogen-bond acceptors (Lipinski definition) is 6. The van der Waals surface area contributed by atoms with Crippen LogP contribution in [-0.2, 0) is 6.54 Å². The first-order valence-electron chi connectivity index (χ1n) is 8.37. The van der Waals surface area contributed by atoms with Crippen molar-refractivity contribution in [2.24, 2.45) is 0 Å². The third kappa shape index (κ3) is 3.45. The molecule has 6 nitrogen and oxygen atoms in total. The van der Waals surface area contributed by atoms with E-state index in [1.807, 2.05) is 6.92 Å². The van der Waals surface area contributed by atoms with Crippen LogP contribution in [0.25, 0.3) is 11.6 Å². The van der Waals surface area contributed by atoms with Gasteiger partial charge in [-0.05, 0) is 37.6 Å². The Morgan fingerprint density at radius 3 is 2.81 bits per heavy atom. The molecule has 1 aliphatic rings. The smallest absolute Gasteiger partial charge is 0.267 e. The van der Waals surface area contributed by atoms with Gasteiger partial charge in [-0.1, -0.05) is 6.07 Å². The first kappa shape index (κ1) is 16.7. The SMILES string of the molecule is Cc1cnc(-c2nnc(C3CCN(Cc4ccc(F)c(F)c4)C3)o2)cn1. The highest BCUT2D eigenvalue weighted by Crippen LogP contribution is 2.29. The zero-order chi connectivity index (χ0) is 18.1. The van der Waals surface area contributed by atoms with Crippen molar-refractivity contribution in [1.82, 2.24) is 25.1 Å². The molecule has 0 spiro atoms. The van der Waals surface area contributed by atoms with Crippen molar-refractivity contribution < 1.29 is 13.2 Å². The Labute approximate surface area is 148 Å². The average molecular weight is 357 g/mol. The molecule has 1 atom stereocenters. The van der Waals surface area contributed by atoms with Gasteiger partial charge in [0.25, 0.3) is 5.89 Å². The minimum Gasteiger partial charge on any atom is -0.419 e. The largest absolute Gasteiger partial charge is 0.419 e. The van der Waals surface area contributed by atoms with Gasteiger partial charge in [0.15, 0.2) is 11.6 Å². The fraction of sp³-hybridized carbons (Fsp3) is 0.333. The summed E-state index contributed by atoms with van der Waals surface area (Å²) in [5.41, 5.74) is 2.11. The van der Waals surface area contributed by atoms with E-state index in [0.29, 0.717) is 24.0 Å². The Morgan fingerprint density at radius 1 is 1.15 bits per heavy atom. The molecule has 0 radical (unpaired) electrons. The lowest BCUT2D eigenvalue weighted by Crippen LogP contribution is -2.20. The van der Waals surface area contributed by atoms with Crippen LogP contribution in [-0.4, -0.2) is 38.2 Å². The number of aromatic nitrogens is 4. The van der Waals surface area contributed by atoms with Gasteiger partial charge < -0.3 is 4.42 Å². The molecule has 3 heterocycles. The highest BCUT2D eigenvalue weighted by atomic mass is 19.2. The third-order valence-corrected chi connectivity index (χ3v) is 4.45. The van der Waals surface area contributed by atoms with Gasteiger partial charge in [-0.3, -0.25) is 9.88 Å². The molecule has 26 heavy (non-hydrogen) atoms. The summed E-state index contributed by atoms with van der Waals surface area (Å²) in [7, 11) is 0. The highest BCUT2D eigenvalue weighted by Gasteiger charge is 2.28. The van der Waals surface area contributed by atoms with Crippen LogP contribution in [0, 0.1) is 18.6 Å². The molecule has 0 saturated carbocycles. The monoisotopic (exact) mass is 357 g/mol.